The Morgan fingerprint density at radius 3 is 1.47 bits per heavy atom. The van der Waals surface area contributed by atoms with Crippen molar-refractivity contribution in [1.29, 1.82) is 0 Å². The molecule has 3 amide bonds. The van der Waals surface area contributed by atoms with Gasteiger partial charge < -0.3 is 156 Å². The van der Waals surface area contributed by atoms with Crippen LogP contribution in [0.3, 0.4) is 0 Å². The number of hydrogen-bond acceptors (Lipinski definition) is 31. The molecule has 9 unspecified atom stereocenters. The lowest BCUT2D eigenvalue weighted by Crippen LogP contribution is -2.72. The maximum atomic E-state index is 13.2. The smallest absolute Gasteiger partial charge is 0.364 e. The number of unbranched alkanes of at least 4 members (excludes halogenated alkanes) is 2. The first-order chi connectivity index (χ1) is 39.0. The summed E-state index contributed by atoms with van der Waals surface area (Å²) in [6, 6.07) is -5.38. The molecule has 0 aromatic carbocycles. The van der Waals surface area contributed by atoms with E-state index >= 15 is 0 Å². The van der Waals surface area contributed by atoms with Crippen molar-refractivity contribution in [2.45, 2.75) is 217 Å². The summed E-state index contributed by atoms with van der Waals surface area (Å²) in [6.45, 7) is -2.53. The van der Waals surface area contributed by atoms with E-state index in [1.54, 1.807) is 0 Å². The highest BCUT2D eigenvalue weighted by molar-refractivity contribution is 5.77. The lowest BCUT2D eigenvalue weighted by atomic mass is 9.88. The zero-order valence-electron chi connectivity index (χ0n) is 45.2. The van der Waals surface area contributed by atoms with Crippen molar-refractivity contribution in [3.8, 4) is 0 Å². The van der Waals surface area contributed by atoms with Crippen LogP contribution in [0, 0.1) is 0 Å². The largest absolute Gasteiger partial charge is 0.477 e. The second-order valence-electron chi connectivity index (χ2n) is 20.7. The highest BCUT2D eigenvalue weighted by atomic mass is 16.8. The van der Waals surface area contributed by atoms with Crippen molar-refractivity contribution in [1.82, 2.24) is 16.0 Å². The van der Waals surface area contributed by atoms with Crippen molar-refractivity contribution < 1.29 is 158 Å². The highest BCUT2D eigenvalue weighted by Crippen LogP contribution is 2.40. The highest BCUT2D eigenvalue weighted by Gasteiger charge is 2.62. The summed E-state index contributed by atoms with van der Waals surface area (Å²) >= 11 is 0. The van der Waals surface area contributed by atoms with Crippen LogP contribution in [0.25, 0.3) is 0 Å². The molecule has 0 aromatic rings. The number of rotatable bonds is 28. The van der Waals surface area contributed by atoms with Crippen LogP contribution in [0.1, 0.15) is 52.9 Å². The maximum Gasteiger partial charge on any atom is 0.364 e. The molecular weight excluding hydrogens is 1130 g/mol. The Morgan fingerprint density at radius 2 is 0.988 bits per heavy atom. The quantitative estimate of drug-likeness (QED) is 0.0324. The number of carbonyl (C=O) groups is 5. The SMILES string of the molecule is CC(=O)N[C@@H]1C([C@H](O)[C@H](O)CO)O[C@](OC2C(O)[C@H](OC3[C@H](O)C(CO[C@]4(C(=O)O)C[C@@H](O)[C@@H](NC(C)=O)C([C@H](O)[C@H](O)CO)O4)O[C@@H](OC4[C@@H](O)C(CO)O[C@@H](OCCCCCN)[C@H]4O)[C@H]3NC(C)=O)OC(CO)[C@@H]2O)(C(=O)O)C[C@@H]1O. The van der Waals surface area contributed by atoms with Gasteiger partial charge in [0.1, 0.15) is 110 Å². The molecule has 0 radical (unpaired) electrons. The summed E-state index contributed by atoms with van der Waals surface area (Å²) in [4.78, 5) is 63.9. The Bertz CT molecular complexity index is 2110. The lowest BCUT2D eigenvalue weighted by Gasteiger charge is -2.51. The molecule has 5 aliphatic rings. The minimum Gasteiger partial charge on any atom is -0.477 e. The Hall–Kier alpha value is -3.69. The summed E-state index contributed by atoms with van der Waals surface area (Å²) in [6.07, 6.45) is -47.5. The average Bonchev–Trinajstić information content (AvgIpc) is 2.04. The van der Waals surface area contributed by atoms with Crippen LogP contribution in [0.2, 0.25) is 0 Å². The van der Waals surface area contributed by atoms with Crippen molar-refractivity contribution in [3.63, 3.8) is 0 Å². The van der Waals surface area contributed by atoms with Crippen LogP contribution in [0.4, 0.5) is 0 Å². The summed E-state index contributed by atoms with van der Waals surface area (Å²) in [7, 11) is 0. The van der Waals surface area contributed by atoms with Gasteiger partial charge in [-0.25, -0.2) is 9.59 Å². The average molecular weight is 1210 g/mol. The van der Waals surface area contributed by atoms with Gasteiger partial charge in [-0.15, -0.1) is 0 Å². The molecule has 0 saturated carbocycles. The fourth-order valence-corrected chi connectivity index (χ4v) is 10.3. The van der Waals surface area contributed by atoms with E-state index in [1.165, 1.54) is 0 Å². The third kappa shape index (κ3) is 16.5. The molecular formula is C47H80N4O32. The molecule has 0 spiro atoms. The first-order valence-electron chi connectivity index (χ1n) is 26.5. The first-order valence-corrected chi connectivity index (χ1v) is 26.5. The van der Waals surface area contributed by atoms with Crippen LogP contribution in [0.15, 0.2) is 0 Å². The van der Waals surface area contributed by atoms with Gasteiger partial charge in [-0.2, -0.15) is 0 Å². The molecule has 27 atom stereocenters. The Morgan fingerprint density at radius 1 is 0.554 bits per heavy atom. The fraction of sp³-hybridized carbons (Fsp3) is 0.894. The van der Waals surface area contributed by atoms with Gasteiger partial charge in [0, 0.05) is 40.2 Å². The number of hydrogen-bond donors (Lipinski definition) is 21. The number of ether oxygens (including phenoxy) is 10. The third-order valence-corrected chi connectivity index (χ3v) is 14.6. The number of carboxylic acid groups (broad SMARTS) is 2. The van der Waals surface area contributed by atoms with Gasteiger partial charge in [0.25, 0.3) is 11.6 Å². The number of nitrogens with two attached hydrogens (primary N) is 1. The number of aliphatic carboxylic acids is 2. The molecule has 5 saturated heterocycles. The lowest BCUT2D eigenvalue weighted by molar-refractivity contribution is -0.388. The van der Waals surface area contributed by atoms with E-state index in [1.807, 2.05) is 0 Å². The number of aliphatic hydroxyl groups is 15. The number of aliphatic hydroxyl groups excluding tert-OH is 15. The Labute approximate surface area is 472 Å². The minimum absolute atomic E-state index is 0.0611. The van der Waals surface area contributed by atoms with Crippen LogP contribution in [-0.2, 0) is 71.3 Å². The summed E-state index contributed by atoms with van der Waals surface area (Å²) in [5, 5.41) is 192. The molecule has 83 heavy (non-hydrogen) atoms. The first kappa shape index (κ1) is 70.1. The predicted molar refractivity (Wildman–Crippen MR) is 262 cm³/mol. The van der Waals surface area contributed by atoms with Gasteiger partial charge in [0.2, 0.25) is 17.7 Å². The minimum atomic E-state index is -3.28. The molecule has 36 nitrogen and oxygen atoms in total. The molecule has 22 N–H and O–H groups in total. The van der Waals surface area contributed by atoms with Crippen LogP contribution in [-0.4, -0.2) is 327 Å². The Kier molecular flexibility index (Phi) is 26.0. The number of carbonyl (C=O) groups excluding carboxylic acids is 3. The van der Waals surface area contributed by atoms with Crippen molar-refractivity contribution in [3.05, 3.63) is 0 Å². The summed E-state index contributed by atoms with van der Waals surface area (Å²) in [5.74, 6) is -13.3. The van der Waals surface area contributed by atoms with Crippen LogP contribution < -0.4 is 21.7 Å². The van der Waals surface area contributed by atoms with Gasteiger partial charge in [-0.1, -0.05) is 0 Å². The van der Waals surface area contributed by atoms with Gasteiger partial charge in [-0.3, -0.25) is 14.4 Å². The van der Waals surface area contributed by atoms with Gasteiger partial charge in [-0.05, 0) is 25.8 Å². The summed E-state index contributed by atoms with van der Waals surface area (Å²) < 4.78 is 58.3. The van der Waals surface area contributed by atoms with Crippen molar-refractivity contribution in [2.75, 3.05) is 46.2 Å². The normalized spacial score (nSPS) is 41.0. The van der Waals surface area contributed by atoms with E-state index in [9.17, 15) is 111 Å². The van der Waals surface area contributed by atoms with Gasteiger partial charge in [0.15, 0.2) is 18.9 Å². The molecule has 5 fully saturated rings. The van der Waals surface area contributed by atoms with Crippen molar-refractivity contribution in [2.24, 2.45) is 5.73 Å². The van der Waals surface area contributed by atoms with Crippen LogP contribution in [0.5, 0.6) is 0 Å². The molecule has 5 aliphatic heterocycles. The monoisotopic (exact) mass is 1210 g/mol. The second kappa shape index (κ2) is 30.8. The molecule has 0 aliphatic carbocycles. The summed E-state index contributed by atoms with van der Waals surface area (Å²) in [5.41, 5.74) is 5.58. The zero-order valence-corrected chi connectivity index (χ0v) is 45.2. The molecule has 5 rings (SSSR count). The maximum absolute atomic E-state index is 13.2. The van der Waals surface area contributed by atoms with E-state index in [0.717, 1.165) is 20.8 Å². The van der Waals surface area contributed by atoms with Gasteiger partial charge >= 0.3 is 11.9 Å². The standard InChI is InChI=1S/C47H80N4O32/c1-16(56)49-26-19(59)9-46(44(70)71,81-37(26)29(63)21(61)11-52)75-15-25-33(67)36(28(51-18(3)58)41(78-25)80-39-31(65)23(13-54)76-42(34(39)68)74-8-6-4-5-7-48)79-43-35(69)40(32(66)24(14-55)77-43)83-47(45(72)73)10-20(60)27(50-17(2)57)38(82-47)30(64)22(62)12-53/h19-43,52-55,59-69H,4-15,48H2,1-3H3,(H,49,56)(H,50,57)(H,51,58)(H,70,71)(H,72,73)/t19-,20+,21-,22-,23?,24?,25?,26-,27+,28+,29-,30-,31+,32+,33-,34+,35?,36?,37?,38?,39?,40?,41+,42-,43+,46-,47-/m1/s1. The van der Waals surface area contributed by atoms with E-state index in [4.69, 9.17) is 53.1 Å². The molecule has 0 aromatic heterocycles. The van der Waals surface area contributed by atoms with Gasteiger partial charge in [0.05, 0.1) is 57.3 Å². The van der Waals surface area contributed by atoms with E-state index in [0.29, 0.717) is 25.8 Å². The van der Waals surface area contributed by atoms with E-state index in [-0.39, 0.29) is 6.61 Å². The third-order valence-electron chi connectivity index (χ3n) is 14.6. The fourth-order valence-electron chi connectivity index (χ4n) is 10.3. The van der Waals surface area contributed by atoms with Crippen molar-refractivity contribution >= 4 is 29.7 Å². The predicted octanol–water partition coefficient (Wildman–Crippen LogP) is -11.9. The van der Waals surface area contributed by atoms with E-state index < -0.39 is 240 Å². The second-order valence-corrected chi connectivity index (χ2v) is 20.7. The molecule has 5 heterocycles. The van der Waals surface area contributed by atoms with E-state index in [2.05, 4.69) is 16.0 Å². The Balaban J connectivity index is 1.59. The molecule has 480 valence electrons. The number of nitrogens with one attached hydrogen (secondary N) is 3. The number of carboxylic acids is 2. The number of amides is 3. The topological polar surface area (TPSA) is 584 Å². The zero-order chi connectivity index (χ0) is 62.0. The molecule has 36 heteroatoms. The van der Waals surface area contributed by atoms with Crippen LogP contribution >= 0.6 is 0 Å². The molecule has 0 bridgehead atoms.